The number of hydrogen-bond donors (Lipinski definition) is 1. The number of urea groups is 1. The molecule has 0 unspecified atom stereocenters. The van der Waals surface area contributed by atoms with Crippen LogP contribution in [0.3, 0.4) is 0 Å². The van der Waals surface area contributed by atoms with Crippen LogP contribution >= 0.6 is 0 Å². The Kier molecular flexibility index (Phi) is 5.43. The standard InChI is InChI=1S/C19H24FN5O3/c1-27-15-3-2-14-17(16(15)20)21-12-22-18(14)24-6-4-13(5-7-24)23-19(26)25-8-10-28-11-9-25/h2-3,12-13H,4-11H2,1H3,(H,23,26). The topological polar surface area (TPSA) is 79.8 Å². The number of anilines is 1. The number of ether oxygens (including phenoxy) is 2. The monoisotopic (exact) mass is 389 g/mol. The summed E-state index contributed by atoms with van der Waals surface area (Å²) in [6.07, 6.45) is 2.99. The van der Waals surface area contributed by atoms with Gasteiger partial charge in [0.25, 0.3) is 0 Å². The Morgan fingerprint density at radius 1 is 1.21 bits per heavy atom. The summed E-state index contributed by atoms with van der Waals surface area (Å²) < 4.78 is 24.8. The fraction of sp³-hybridized carbons (Fsp3) is 0.526. The molecular formula is C19H24FN5O3. The van der Waals surface area contributed by atoms with E-state index in [1.54, 1.807) is 17.0 Å². The highest BCUT2D eigenvalue weighted by atomic mass is 19.1. The zero-order chi connectivity index (χ0) is 19.5. The van der Waals surface area contributed by atoms with Crippen LogP contribution in [0.1, 0.15) is 12.8 Å². The minimum Gasteiger partial charge on any atom is -0.494 e. The molecule has 2 aromatic rings. The molecule has 1 N–H and O–H groups in total. The van der Waals surface area contributed by atoms with Gasteiger partial charge < -0.3 is 24.6 Å². The summed E-state index contributed by atoms with van der Waals surface area (Å²) in [7, 11) is 1.43. The number of nitrogens with zero attached hydrogens (tertiary/aromatic N) is 4. The van der Waals surface area contributed by atoms with Gasteiger partial charge in [-0.3, -0.25) is 0 Å². The van der Waals surface area contributed by atoms with Crippen molar-refractivity contribution in [3.63, 3.8) is 0 Å². The number of carbonyl (C=O) groups excluding carboxylic acids is 1. The van der Waals surface area contributed by atoms with Gasteiger partial charge in [-0.15, -0.1) is 0 Å². The highest BCUT2D eigenvalue weighted by Crippen LogP contribution is 2.31. The lowest BCUT2D eigenvalue weighted by molar-refractivity contribution is 0.0523. The lowest BCUT2D eigenvalue weighted by Crippen LogP contribution is -2.52. The van der Waals surface area contributed by atoms with Crippen LogP contribution in [0.25, 0.3) is 10.9 Å². The Labute approximate surface area is 162 Å². The van der Waals surface area contributed by atoms with E-state index in [0.717, 1.165) is 25.9 Å². The Balaban J connectivity index is 1.42. The first-order chi connectivity index (χ1) is 13.7. The first-order valence-electron chi connectivity index (χ1n) is 9.52. The van der Waals surface area contributed by atoms with Crippen molar-refractivity contribution in [2.75, 3.05) is 51.4 Å². The number of methoxy groups -OCH3 is 1. The molecule has 2 aliphatic rings. The van der Waals surface area contributed by atoms with Crippen molar-refractivity contribution in [3.05, 3.63) is 24.3 Å². The first kappa shape index (κ1) is 18.7. The van der Waals surface area contributed by atoms with Crippen molar-refractivity contribution in [3.8, 4) is 5.75 Å². The first-order valence-corrected chi connectivity index (χ1v) is 9.52. The van der Waals surface area contributed by atoms with Gasteiger partial charge in [0.1, 0.15) is 17.7 Å². The molecule has 2 fully saturated rings. The zero-order valence-corrected chi connectivity index (χ0v) is 15.9. The molecule has 28 heavy (non-hydrogen) atoms. The lowest BCUT2D eigenvalue weighted by atomic mass is 10.0. The minimum atomic E-state index is -0.476. The molecule has 4 rings (SSSR count). The summed E-state index contributed by atoms with van der Waals surface area (Å²) in [4.78, 5) is 24.7. The van der Waals surface area contributed by atoms with E-state index in [0.29, 0.717) is 37.5 Å². The maximum atomic E-state index is 14.5. The number of aromatic nitrogens is 2. The molecule has 1 aromatic heterocycles. The fourth-order valence-corrected chi connectivity index (χ4v) is 3.74. The third-order valence-corrected chi connectivity index (χ3v) is 5.33. The van der Waals surface area contributed by atoms with Crippen LogP contribution in [0.4, 0.5) is 15.0 Å². The van der Waals surface area contributed by atoms with Gasteiger partial charge in [-0.2, -0.15) is 0 Å². The highest BCUT2D eigenvalue weighted by Gasteiger charge is 2.26. The van der Waals surface area contributed by atoms with Crippen molar-refractivity contribution in [1.29, 1.82) is 0 Å². The van der Waals surface area contributed by atoms with E-state index in [4.69, 9.17) is 9.47 Å². The average molecular weight is 389 g/mol. The van der Waals surface area contributed by atoms with Gasteiger partial charge in [0.15, 0.2) is 11.6 Å². The Hall–Kier alpha value is -2.68. The average Bonchev–Trinajstić information content (AvgIpc) is 2.75. The number of fused-ring (bicyclic) bond motifs is 1. The summed E-state index contributed by atoms with van der Waals surface area (Å²) in [5.41, 5.74) is 0.257. The molecule has 0 aliphatic carbocycles. The predicted octanol–water partition coefficient (Wildman–Crippen LogP) is 1.79. The van der Waals surface area contributed by atoms with E-state index in [9.17, 15) is 9.18 Å². The van der Waals surface area contributed by atoms with E-state index < -0.39 is 5.82 Å². The Bertz CT molecular complexity index is 851. The van der Waals surface area contributed by atoms with E-state index >= 15 is 0 Å². The van der Waals surface area contributed by atoms with Crippen LogP contribution in [-0.2, 0) is 4.74 Å². The molecule has 1 aromatic carbocycles. The van der Waals surface area contributed by atoms with Crippen LogP contribution in [0.2, 0.25) is 0 Å². The van der Waals surface area contributed by atoms with Gasteiger partial charge in [0.05, 0.1) is 20.3 Å². The summed E-state index contributed by atoms with van der Waals surface area (Å²) in [6, 6.07) is 3.48. The number of halogens is 1. The van der Waals surface area contributed by atoms with Crippen molar-refractivity contribution in [1.82, 2.24) is 20.2 Å². The number of piperidine rings is 1. The molecule has 2 amide bonds. The summed E-state index contributed by atoms with van der Waals surface area (Å²) in [6.45, 7) is 3.91. The van der Waals surface area contributed by atoms with Crippen LogP contribution in [0, 0.1) is 5.82 Å². The second-order valence-electron chi connectivity index (χ2n) is 6.99. The van der Waals surface area contributed by atoms with Crippen LogP contribution in [0.5, 0.6) is 5.75 Å². The minimum absolute atomic E-state index is 0.0246. The molecule has 0 saturated carbocycles. The SMILES string of the molecule is COc1ccc2c(N3CCC(NC(=O)N4CCOCC4)CC3)ncnc2c1F. The maximum absolute atomic E-state index is 14.5. The number of amides is 2. The number of hydrogen-bond acceptors (Lipinski definition) is 6. The zero-order valence-electron chi connectivity index (χ0n) is 15.9. The van der Waals surface area contributed by atoms with Crippen LogP contribution < -0.4 is 15.0 Å². The summed E-state index contributed by atoms with van der Waals surface area (Å²) >= 11 is 0. The van der Waals surface area contributed by atoms with Gasteiger partial charge in [-0.25, -0.2) is 19.2 Å². The van der Waals surface area contributed by atoms with Crippen molar-refractivity contribution in [2.45, 2.75) is 18.9 Å². The largest absolute Gasteiger partial charge is 0.494 e. The molecule has 0 radical (unpaired) electrons. The van der Waals surface area contributed by atoms with Crippen molar-refractivity contribution >= 4 is 22.8 Å². The summed E-state index contributed by atoms with van der Waals surface area (Å²) in [5, 5.41) is 3.78. The van der Waals surface area contributed by atoms with Crippen LogP contribution in [0.15, 0.2) is 18.5 Å². The Morgan fingerprint density at radius 3 is 2.68 bits per heavy atom. The predicted molar refractivity (Wildman–Crippen MR) is 102 cm³/mol. The molecule has 8 nitrogen and oxygen atoms in total. The van der Waals surface area contributed by atoms with Gasteiger partial charge in [0, 0.05) is 37.6 Å². The number of benzene rings is 1. The quantitative estimate of drug-likeness (QED) is 0.862. The molecular weight excluding hydrogens is 365 g/mol. The second-order valence-corrected chi connectivity index (χ2v) is 6.99. The van der Waals surface area contributed by atoms with Gasteiger partial charge in [0.2, 0.25) is 0 Å². The summed E-state index contributed by atoms with van der Waals surface area (Å²) in [5.74, 6) is 0.405. The second kappa shape index (κ2) is 8.14. The molecule has 0 bridgehead atoms. The lowest BCUT2D eigenvalue weighted by Gasteiger charge is -2.35. The normalized spacial score (nSPS) is 18.4. The fourth-order valence-electron chi connectivity index (χ4n) is 3.74. The molecule has 2 aliphatic heterocycles. The molecule has 0 atom stereocenters. The van der Waals surface area contributed by atoms with Crippen molar-refractivity contribution < 1.29 is 18.7 Å². The maximum Gasteiger partial charge on any atom is 0.317 e. The third kappa shape index (κ3) is 3.66. The van der Waals surface area contributed by atoms with Gasteiger partial charge in [-0.1, -0.05) is 0 Å². The number of morpholine rings is 1. The number of rotatable bonds is 3. The van der Waals surface area contributed by atoms with E-state index in [2.05, 4.69) is 20.2 Å². The van der Waals surface area contributed by atoms with Gasteiger partial charge >= 0.3 is 6.03 Å². The molecule has 3 heterocycles. The third-order valence-electron chi connectivity index (χ3n) is 5.33. The molecule has 0 spiro atoms. The molecule has 2 saturated heterocycles. The molecule has 150 valence electrons. The van der Waals surface area contributed by atoms with E-state index in [1.165, 1.54) is 13.4 Å². The smallest absolute Gasteiger partial charge is 0.317 e. The number of nitrogens with one attached hydrogen (secondary N) is 1. The van der Waals surface area contributed by atoms with Crippen molar-refractivity contribution in [2.24, 2.45) is 0 Å². The molecule has 9 heteroatoms. The van der Waals surface area contributed by atoms with Gasteiger partial charge in [-0.05, 0) is 25.0 Å². The Morgan fingerprint density at radius 2 is 1.96 bits per heavy atom. The number of carbonyl (C=O) groups is 1. The van der Waals surface area contributed by atoms with E-state index in [1.807, 2.05) is 0 Å². The van der Waals surface area contributed by atoms with E-state index in [-0.39, 0.29) is 23.3 Å². The highest BCUT2D eigenvalue weighted by molar-refractivity contribution is 5.90. The van der Waals surface area contributed by atoms with Crippen LogP contribution in [-0.4, -0.2) is 73.4 Å².